The fraction of sp³-hybridized carbons (Fsp3) is 0.238. The molecular formula is C21H22ClFN4S. The summed E-state index contributed by atoms with van der Waals surface area (Å²) in [7, 11) is 0. The SMILES string of the molecule is Cc1ccc(NC(=S)Nc2c(C)nn(Cc3ccc(F)cc3Cl)c2C)c(C)c1. The number of aryl methyl sites for hydroxylation is 3. The molecule has 0 aliphatic rings. The predicted molar refractivity (Wildman–Crippen MR) is 118 cm³/mol. The van der Waals surface area contributed by atoms with Crippen LogP contribution in [0.2, 0.25) is 5.02 Å². The van der Waals surface area contributed by atoms with Crippen LogP contribution in [0.4, 0.5) is 15.8 Å². The molecule has 1 aromatic heterocycles. The summed E-state index contributed by atoms with van der Waals surface area (Å²) in [6.45, 7) is 8.42. The topological polar surface area (TPSA) is 41.9 Å². The van der Waals surface area contributed by atoms with Gasteiger partial charge in [0.15, 0.2) is 5.11 Å². The van der Waals surface area contributed by atoms with E-state index in [1.807, 2.05) is 37.6 Å². The van der Waals surface area contributed by atoms with Crippen molar-refractivity contribution in [1.29, 1.82) is 0 Å². The third kappa shape index (κ3) is 4.51. The second-order valence-corrected chi connectivity index (χ2v) is 7.65. The maximum absolute atomic E-state index is 13.3. The first-order chi connectivity index (χ1) is 13.2. The highest BCUT2D eigenvalue weighted by atomic mass is 35.5. The number of benzene rings is 2. The normalized spacial score (nSPS) is 10.8. The van der Waals surface area contributed by atoms with Crippen LogP contribution in [-0.2, 0) is 6.54 Å². The standard InChI is InChI=1S/C21H22ClFN4S/c1-12-5-8-19(13(2)9-12)24-21(28)25-20-14(3)26-27(15(20)4)11-16-6-7-17(23)10-18(16)22/h5-10H,11H2,1-4H3,(H2,24,25,28). The highest BCUT2D eigenvalue weighted by molar-refractivity contribution is 7.80. The van der Waals surface area contributed by atoms with Gasteiger partial charge in [0.05, 0.1) is 23.6 Å². The number of hydrogen-bond donors (Lipinski definition) is 2. The van der Waals surface area contributed by atoms with Crippen molar-refractivity contribution < 1.29 is 4.39 Å². The number of anilines is 2. The minimum atomic E-state index is -0.354. The van der Waals surface area contributed by atoms with Crippen molar-refractivity contribution in [1.82, 2.24) is 9.78 Å². The van der Waals surface area contributed by atoms with Gasteiger partial charge < -0.3 is 10.6 Å². The van der Waals surface area contributed by atoms with E-state index in [-0.39, 0.29) is 5.82 Å². The van der Waals surface area contributed by atoms with E-state index in [4.69, 9.17) is 23.8 Å². The molecule has 2 N–H and O–H groups in total. The van der Waals surface area contributed by atoms with E-state index in [0.717, 1.165) is 33.9 Å². The zero-order valence-corrected chi connectivity index (χ0v) is 17.8. The van der Waals surface area contributed by atoms with Gasteiger partial charge in [-0.2, -0.15) is 5.10 Å². The van der Waals surface area contributed by atoms with Crippen molar-refractivity contribution in [2.45, 2.75) is 34.2 Å². The van der Waals surface area contributed by atoms with E-state index in [9.17, 15) is 4.39 Å². The van der Waals surface area contributed by atoms with Crippen molar-refractivity contribution in [2.75, 3.05) is 10.6 Å². The molecule has 0 spiro atoms. The molecule has 0 fully saturated rings. The van der Waals surface area contributed by atoms with Crippen LogP contribution in [0.1, 0.15) is 28.1 Å². The Balaban J connectivity index is 1.76. The molecule has 0 bridgehead atoms. The van der Waals surface area contributed by atoms with Gasteiger partial charge in [0.25, 0.3) is 0 Å². The monoisotopic (exact) mass is 416 g/mol. The Labute approximate surface area is 174 Å². The summed E-state index contributed by atoms with van der Waals surface area (Å²) >= 11 is 11.6. The predicted octanol–water partition coefficient (Wildman–Crippen LogP) is 5.77. The Hall–Kier alpha value is -2.44. The van der Waals surface area contributed by atoms with Crippen LogP contribution in [0, 0.1) is 33.5 Å². The van der Waals surface area contributed by atoms with Gasteiger partial charge in [0.1, 0.15) is 5.82 Å². The lowest BCUT2D eigenvalue weighted by Gasteiger charge is -2.13. The zero-order valence-electron chi connectivity index (χ0n) is 16.2. The van der Waals surface area contributed by atoms with Gasteiger partial charge in [0.2, 0.25) is 0 Å². The average molecular weight is 417 g/mol. The summed E-state index contributed by atoms with van der Waals surface area (Å²) in [4.78, 5) is 0. The Kier molecular flexibility index (Phi) is 6.01. The number of halogens is 2. The lowest BCUT2D eigenvalue weighted by atomic mass is 10.1. The lowest BCUT2D eigenvalue weighted by Crippen LogP contribution is -2.20. The first kappa shape index (κ1) is 20.3. The lowest BCUT2D eigenvalue weighted by molar-refractivity contribution is 0.622. The zero-order chi connectivity index (χ0) is 20.4. The fourth-order valence-electron chi connectivity index (χ4n) is 3.06. The van der Waals surface area contributed by atoms with Gasteiger partial charge in [-0.05, 0) is 69.2 Å². The van der Waals surface area contributed by atoms with Gasteiger partial charge in [-0.1, -0.05) is 35.4 Å². The second kappa shape index (κ2) is 8.29. The maximum Gasteiger partial charge on any atom is 0.175 e. The molecule has 4 nitrogen and oxygen atoms in total. The highest BCUT2D eigenvalue weighted by Crippen LogP contribution is 2.24. The smallest absolute Gasteiger partial charge is 0.175 e. The van der Waals surface area contributed by atoms with E-state index >= 15 is 0 Å². The van der Waals surface area contributed by atoms with E-state index in [2.05, 4.69) is 28.7 Å². The molecule has 1 heterocycles. The van der Waals surface area contributed by atoms with Crippen LogP contribution in [0.3, 0.4) is 0 Å². The summed E-state index contributed by atoms with van der Waals surface area (Å²) in [6.07, 6.45) is 0. The van der Waals surface area contributed by atoms with Crippen LogP contribution < -0.4 is 10.6 Å². The maximum atomic E-state index is 13.3. The molecule has 146 valence electrons. The number of nitrogens with one attached hydrogen (secondary N) is 2. The van der Waals surface area contributed by atoms with Crippen LogP contribution in [0.25, 0.3) is 0 Å². The van der Waals surface area contributed by atoms with Crippen molar-refractivity contribution >= 4 is 40.3 Å². The second-order valence-electron chi connectivity index (χ2n) is 6.84. The minimum Gasteiger partial charge on any atom is -0.332 e. The molecule has 0 aliphatic carbocycles. The highest BCUT2D eigenvalue weighted by Gasteiger charge is 2.14. The largest absolute Gasteiger partial charge is 0.332 e. The third-order valence-corrected chi connectivity index (χ3v) is 5.14. The Morgan fingerprint density at radius 1 is 1.11 bits per heavy atom. The molecule has 3 rings (SSSR count). The van der Waals surface area contributed by atoms with Crippen LogP contribution in [-0.4, -0.2) is 14.9 Å². The summed E-state index contributed by atoms with van der Waals surface area (Å²) in [6, 6.07) is 10.5. The Morgan fingerprint density at radius 2 is 1.86 bits per heavy atom. The number of aromatic nitrogens is 2. The number of thiocarbonyl (C=S) groups is 1. The molecule has 0 atom stereocenters. The van der Waals surface area contributed by atoms with Crippen molar-refractivity contribution in [3.05, 3.63) is 75.3 Å². The van der Waals surface area contributed by atoms with Gasteiger partial charge >= 0.3 is 0 Å². The van der Waals surface area contributed by atoms with Crippen molar-refractivity contribution in [3.8, 4) is 0 Å². The molecule has 2 aromatic carbocycles. The van der Waals surface area contributed by atoms with Crippen molar-refractivity contribution in [3.63, 3.8) is 0 Å². The summed E-state index contributed by atoms with van der Waals surface area (Å²) in [5, 5.41) is 11.9. The number of rotatable bonds is 4. The third-order valence-electron chi connectivity index (χ3n) is 4.59. The summed E-state index contributed by atoms with van der Waals surface area (Å²) in [5.74, 6) is -0.354. The number of nitrogens with zero attached hydrogens (tertiary/aromatic N) is 2. The van der Waals surface area contributed by atoms with E-state index < -0.39 is 0 Å². The van der Waals surface area contributed by atoms with Crippen molar-refractivity contribution in [2.24, 2.45) is 0 Å². The molecule has 0 amide bonds. The Bertz CT molecular complexity index is 1050. The average Bonchev–Trinajstić information content (AvgIpc) is 2.87. The quantitative estimate of drug-likeness (QED) is 0.530. The molecule has 7 heteroatoms. The number of hydrogen-bond acceptors (Lipinski definition) is 2. The molecule has 0 unspecified atom stereocenters. The first-order valence-electron chi connectivity index (χ1n) is 8.88. The van der Waals surface area contributed by atoms with Gasteiger partial charge in [-0.15, -0.1) is 0 Å². The molecule has 0 aliphatic heterocycles. The fourth-order valence-corrected chi connectivity index (χ4v) is 3.50. The van der Waals surface area contributed by atoms with E-state index in [1.165, 1.54) is 17.7 Å². The molecular weight excluding hydrogens is 395 g/mol. The van der Waals surface area contributed by atoms with Gasteiger partial charge in [-0.25, -0.2) is 4.39 Å². The summed E-state index contributed by atoms with van der Waals surface area (Å²) < 4.78 is 15.1. The molecule has 0 radical (unpaired) electrons. The van der Waals surface area contributed by atoms with E-state index in [1.54, 1.807) is 6.07 Å². The first-order valence-corrected chi connectivity index (χ1v) is 9.66. The van der Waals surface area contributed by atoms with Gasteiger partial charge in [-0.3, -0.25) is 4.68 Å². The van der Waals surface area contributed by atoms with Crippen LogP contribution in [0.15, 0.2) is 36.4 Å². The molecule has 3 aromatic rings. The molecule has 28 heavy (non-hydrogen) atoms. The minimum absolute atomic E-state index is 0.354. The van der Waals surface area contributed by atoms with Gasteiger partial charge in [0, 0.05) is 10.7 Å². The Morgan fingerprint density at radius 3 is 2.54 bits per heavy atom. The van der Waals surface area contributed by atoms with Crippen LogP contribution in [0.5, 0.6) is 0 Å². The van der Waals surface area contributed by atoms with Crippen LogP contribution >= 0.6 is 23.8 Å². The molecule has 0 saturated heterocycles. The molecule has 0 saturated carbocycles. The summed E-state index contributed by atoms with van der Waals surface area (Å²) in [5.41, 5.74) is 6.68. The van der Waals surface area contributed by atoms with E-state index in [0.29, 0.717) is 16.7 Å².